The van der Waals surface area contributed by atoms with Gasteiger partial charge in [-0.25, -0.2) is 28.8 Å². The predicted octanol–water partition coefficient (Wildman–Crippen LogP) is 3.92. The molecule has 0 fully saturated rings. The van der Waals surface area contributed by atoms with E-state index in [1.54, 1.807) is 0 Å². The summed E-state index contributed by atoms with van der Waals surface area (Å²) >= 11 is 0. The normalized spacial score (nSPS) is 12.1. The van der Waals surface area contributed by atoms with Crippen molar-refractivity contribution in [1.29, 1.82) is 0 Å². The topological polar surface area (TPSA) is 150 Å². The molecule has 2 N–H and O–H groups in total. The molecule has 0 aliphatic heterocycles. The second-order valence-corrected chi connectivity index (χ2v) is 7.80. The Labute approximate surface area is 215 Å². The summed E-state index contributed by atoms with van der Waals surface area (Å²) in [6.45, 7) is 1.32. The van der Waals surface area contributed by atoms with Crippen molar-refractivity contribution in [1.82, 2.24) is 34.9 Å². The van der Waals surface area contributed by atoms with Gasteiger partial charge in [0.1, 0.15) is 11.9 Å². The van der Waals surface area contributed by atoms with Crippen LogP contribution < -0.4 is 10.6 Å². The number of hydrogen-bond donors (Lipinski definition) is 2. The maximum absolute atomic E-state index is 13.9. The zero-order valence-electron chi connectivity index (χ0n) is 19.9. The summed E-state index contributed by atoms with van der Waals surface area (Å²) in [5.74, 6) is -3.82. The molecule has 1 atom stereocenters. The SMILES string of the molecule is C[C@@H](OC(=O)Nc1c(-c2ccc(C(=O)Nc3cnc(C(F)(F)F)nc3)cn2)nnn1C)c1cc(F)cnc1F. The molecule has 17 heteroatoms. The van der Waals surface area contributed by atoms with Crippen LogP contribution in [0.5, 0.6) is 0 Å². The predicted molar refractivity (Wildman–Crippen MR) is 122 cm³/mol. The van der Waals surface area contributed by atoms with Crippen molar-refractivity contribution in [2.24, 2.45) is 7.05 Å². The monoisotopic (exact) mass is 549 g/mol. The number of ether oxygens (including phenoxy) is 1. The molecule has 4 aromatic heterocycles. The van der Waals surface area contributed by atoms with E-state index in [0.717, 1.165) is 24.7 Å². The van der Waals surface area contributed by atoms with Crippen molar-refractivity contribution in [3.63, 3.8) is 0 Å². The zero-order chi connectivity index (χ0) is 28.3. The van der Waals surface area contributed by atoms with Crippen molar-refractivity contribution in [3.8, 4) is 11.4 Å². The van der Waals surface area contributed by atoms with Gasteiger partial charge in [0.15, 0.2) is 11.5 Å². The molecule has 2 amide bonds. The Balaban J connectivity index is 1.44. The molecule has 0 saturated carbocycles. The van der Waals surface area contributed by atoms with Gasteiger partial charge >= 0.3 is 12.3 Å². The molecule has 4 aromatic rings. The number of amides is 2. The van der Waals surface area contributed by atoms with Gasteiger partial charge in [0.25, 0.3) is 5.91 Å². The van der Waals surface area contributed by atoms with Crippen molar-refractivity contribution in [2.45, 2.75) is 19.2 Å². The first-order valence-electron chi connectivity index (χ1n) is 10.8. The number of nitrogens with zero attached hydrogens (tertiary/aromatic N) is 7. The molecule has 0 saturated heterocycles. The zero-order valence-corrected chi connectivity index (χ0v) is 19.9. The third-order valence-electron chi connectivity index (χ3n) is 5.03. The molecule has 0 unspecified atom stereocenters. The second-order valence-electron chi connectivity index (χ2n) is 7.80. The van der Waals surface area contributed by atoms with Crippen molar-refractivity contribution >= 4 is 23.5 Å². The Morgan fingerprint density at radius 2 is 1.72 bits per heavy atom. The number of anilines is 2. The summed E-state index contributed by atoms with van der Waals surface area (Å²) in [6.07, 6.45) is -3.48. The minimum Gasteiger partial charge on any atom is -0.441 e. The summed E-state index contributed by atoms with van der Waals surface area (Å²) in [5, 5.41) is 12.5. The van der Waals surface area contributed by atoms with E-state index in [2.05, 4.69) is 40.9 Å². The molecule has 4 heterocycles. The molecule has 0 radical (unpaired) electrons. The van der Waals surface area contributed by atoms with Gasteiger partial charge in [-0.05, 0) is 25.1 Å². The number of alkyl halides is 3. The summed E-state index contributed by atoms with van der Waals surface area (Å²) in [7, 11) is 1.46. The lowest BCUT2D eigenvalue weighted by Gasteiger charge is -2.15. The van der Waals surface area contributed by atoms with Gasteiger partial charge < -0.3 is 10.1 Å². The lowest BCUT2D eigenvalue weighted by atomic mass is 10.2. The first-order valence-corrected chi connectivity index (χ1v) is 10.8. The number of carbonyl (C=O) groups excluding carboxylic acids is 2. The van der Waals surface area contributed by atoms with Gasteiger partial charge in [-0.3, -0.25) is 15.1 Å². The Bertz CT molecular complexity index is 1510. The number of hydrogen-bond acceptors (Lipinski definition) is 9. The van der Waals surface area contributed by atoms with E-state index in [0.29, 0.717) is 6.20 Å². The number of carbonyl (C=O) groups is 2. The van der Waals surface area contributed by atoms with Gasteiger partial charge in [-0.15, -0.1) is 5.10 Å². The van der Waals surface area contributed by atoms with Crippen LogP contribution in [0, 0.1) is 11.8 Å². The maximum Gasteiger partial charge on any atom is 0.451 e. The lowest BCUT2D eigenvalue weighted by molar-refractivity contribution is -0.144. The highest BCUT2D eigenvalue weighted by Gasteiger charge is 2.34. The summed E-state index contributed by atoms with van der Waals surface area (Å²) in [5.41, 5.74) is -0.0351. The standard InChI is InChI=1S/C22H16F5N9O3/c1-10(14-5-12(23)7-29-17(14)24)39-21(38)33-18-16(34-35-36(18)2)15-4-3-11(6-28-15)19(37)32-13-8-30-20(31-9-13)22(25,26)27/h3-10H,1-2H3,(H,32,37)(H,33,38)/t10-/m1/s1. The number of rotatable bonds is 6. The highest BCUT2D eigenvalue weighted by Crippen LogP contribution is 2.27. The van der Waals surface area contributed by atoms with E-state index in [1.165, 1.54) is 30.8 Å². The molecular formula is C22H16F5N9O3. The molecule has 4 rings (SSSR count). The van der Waals surface area contributed by atoms with Gasteiger partial charge in [-0.2, -0.15) is 17.6 Å². The van der Waals surface area contributed by atoms with E-state index < -0.39 is 41.9 Å². The first-order chi connectivity index (χ1) is 18.4. The minimum atomic E-state index is -4.72. The van der Waals surface area contributed by atoms with Gasteiger partial charge in [0.05, 0.1) is 41.1 Å². The fraction of sp³-hybridized carbons (Fsp3) is 0.182. The van der Waals surface area contributed by atoms with Crippen molar-refractivity contribution in [3.05, 3.63) is 71.7 Å². The second kappa shape index (κ2) is 10.7. The summed E-state index contributed by atoms with van der Waals surface area (Å²) < 4.78 is 71.3. The number of halogens is 5. The van der Waals surface area contributed by atoms with Crippen molar-refractivity contribution < 1.29 is 36.3 Å². The highest BCUT2D eigenvalue weighted by atomic mass is 19.4. The molecule has 0 aromatic carbocycles. The Kier molecular flexibility index (Phi) is 7.41. The molecule has 0 bridgehead atoms. The maximum atomic E-state index is 13.9. The lowest BCUT2D eigenvalue weighted by Crippen LogP contribution is -2.19. The van der Waals surface area contributed by atoms with Crippen LogP contribution in [0.15, 0.2) is 43.0 Å². The molecule has 202 valence electrons. The summed E-state index contributed by atoms with van der Waals surface area (Å²) in [6, 6.07) is 3.58. The van der Waals surface area contributed by atoms with Crippen LogP contribution in [0.4, 0.5) is 38.3 Å². The number of aromatic nitrogens is 7. The van der Waals surface area contributed by atoms with Crippen molar-refractivity contribution in [2.75, 3.05) is 10.6 Å². The first kappa shape index (κ1) is 27.0. The molecule has 39 heavy (non-hydrogen) atoms. The average molecular weight is 549 g/mol. The number of pyridine rings is 2. The Morgan fingerprint density at radius 3 is 2.36 bits per heavy atom. The largest absolute Gasteiger partial charge is 0.451 e. The minimum absolute atomic E-state index is 0.0380. The molecule has 0 spiro atoms. The number of nitrogens with one attached hydrogen (secondary N) is 2. The van der Waals surface area contributed by atoms with E-state index in [4.69, 9.17) is 4.74 Å². The quantitative estimate of drug-likeness (QED) is 0.270. The van der Waals surface area contributed by atoms with Gasteiger partial charge in [-0.1, -0.05) is 5.21 Å². The fourth-order valence-corrected chi connectivity index (χ4v) is 3.15. The average Bonchev–Trinajstić information content (AvgIpc) is 3.24. The van der Waals surface area contributed by atoms with Crippen LogP contribution in [-0.2, 0) is 18.0 Å². The van der Waals surface area contributed by atoms with Gasteiger partial charge in [0.2, 0.25) is 11.8 Å². The summed E-state index contributed by atoms with van der Waals surface area (Å²) in [4.78, 5) is 38.6. The van der Waals surface area contributed by atoms with E-state index in [-0.39, 0.29) is 34.0 Å². The molecular weight excluding hydrogens is 533 g/mol. The third kappa shape index (κ3) is 6.25. The molecule has 0 aliphatic carbocycles. The third-order valence-corrected chi connectivity index (χ3v) is 5.03. The smallest absolute Gasteiger partial charge is 0.441 e. The van der Waals surface area contributed by atoms with Crippen LogP contribution in [0.25, 0.3) is 11.4 Å². The van der Waals surface area contributed by atoms with Crippen LogP contribution in [0.1, 0.15) is 34.8 Å². The number of aryl methyl sites for hydroxylation is 1. The fourth-order valence-electron chi connectivity index (χ4n) is 3.15. The highest BCUT2D eigenvalue weighted by molar-refractivity contribution is 6.04. The van der Waals surface area contributed by atoms with Crippen LogP contribution in [-0.4, -0.2) is 46.9 Å². The van der Waals surface area contributed by atoms with Gasteiger partial charge in [0, 0.05) is 13.2 Å². The molecule has 12 nitrogen and oxygen atoms in total. The Hall–Kier alpha value is -5.09. The van der Waals surface area contributed by atoms with E-state index >= 15 is 0 Å². The van der Waals surface area contributed by atoms with Crippen LogP contribution in [0.3, 0.4) is 0 Å². The van der Waals surface area contributed by atoms with Crippen LogP contribution in [0.2, 0.25) is 0 Å². The van der Waals surface area contributed by atoms with Crippen LogP contribution >= 0.6 is 0 Å². The Morgan fingerprint density at radius 1 is 1.00 bits per heavy atom. The van der Waals surface area contributed by atoms with E-state index in [9.17, 15) is 31.5 Å². The molecule has 0 aliphatic rings. The van der Waals surface area contributed by atoms with E-state index in [1.807, 2.05) is 0 Å².